The fourth-order valence-electron chi connectivity index (χ4n) is 4.05. The lowest BCUT2D eigenvalue weighted by Crippen LogP contribution is -2.29. The lowest BCUT2D eigenvalue weighted by molar-refractivity contribution is 0.0790. The Morgan fingerprint density at radius 3 is 2.78 bits per heavy atom. The molecular formula is C25H29N5O2. The second-order valence-electron chi connectivity index (χ2n) is 8.63. The lowest BCUT2D eigenvalue weighted by atomic mass is 9.99. The Hall–Kier alpha value is -3.48. The van der Waals surface area contributed by atoms with Crippen molar-refractivity contribution < 1.29 is 9.59 Å². The van der Waals surface area contributed by atoms with Gasteiger partial charge in [-0.15, -0.1) is 0 Å². The summed E-state index contributed by atoms with van der Waals surface area (Å²) >= 11 is 0. The summed E-state index contributed by atoms with van der Waals surface area (Å²) in [5, 5.41) is 6.84. The zero-order valence-electron chi connectivity index (χ0n) is 18.8. The highest BCUT2D eigenvalue weighted by Gasteiger charge is 2.30. The summed E-state index contributed by atoms with van der Waals surface area (Å²) in [5.41, 5.74) is 2.92. The van der Waals surface area contributed by atoms with Gasteiger partial charge in [0, 0.05) is 55.4 Å². The van der Waals surface area contributed by atoms with Gasteiger partial charge in [0.05, 0.1) is 11.1 Å². The monoisotopic (exact) mass is 431 g/mol. The molecule has 3 heterocycles. The van der Waals surface area contributed by atoms with E-state index in [9.17, 15) is 9.59 Å². The molecule has 32 heavy (non-hydrogen) atoms. The van der Waals surface area contributed by atoms with Crippen LogP contribution in [0.15, 0.2) is 48.7 Å². The van der Waals surface area contributed by atoms with Crippen molar-refractivity contribution in [3.05, 3.63) is 65.5 Å². The van der Waals surface area contributed by atoms with Crippen LogP contribution in [0.4, 0.5) is 5.82 Å². The smallest absolute Gasteiger partial charge is 0.254 e. The molecule has 4 rings (SSSR count). The molecule has 0 radical (unpaired) electrons. The van der Waals surface area contributed by atoms with Gasteiger partial charge in [-0.05, 0) is 36.6 Å². The number of para-hydroxylation sites is 1. The minimum atomic E-state index is -0.0825. The predicted octanol–water partition coefficient (Wildman–Crippen LogP) is 3.69. The summed E-state index contributed by atoms with van der Waals surface area (Å²) in [4.78, 5) is 36.8. The number of amides is 2. The Labute approximate surface area is 188 Å². The van der Waals surface area contributed by atoms with E-state index in [0.717, 1.165) is 23.0 Å². The van der Waals surface area contributed by atoms with Crippen molar-refractivity contribution in [2.24, 2.45) is 5.92 Å². The summed E-state index contributed by atoms with van der Waals surface area (Å²) in [6.07, 6.45) is 2.45. The molecule has 7 nitrogen and oxygen atoms in total. The van der Waals surface area contributed by atoms with Crippen molar-refractivity contribution in [1.82, 2.24) is 20.2 Å². The highest BCUT2D eigenvalue weighted by Crippen LogP contribution is 2.30. The van der Waals surface area contributed by atoms with Gasteiger partial charge in [-0.1, -0.05) is 32.0 Å². The van der Waals surface area contributed by atoms with Crippen molar-refractivity contribution in [2.75, 3.05) is 32.0 Å². The molecule has 2 aromatic heterocycles. The molecule has 7 heteroatoms. The number of hydrogen-bond donors (Lipinski definition) is 2. The summed E-state index contributed by atoms with van der Waals surface area (Å²) in [7, 11) is 1.78. The number of fused-ring (bicyclic) bond motifs is 1. The topological polar surface area (TPSA) is 87.2 Å². The first-order chi connectivity index (χ1) is 15.5. The Bertz CT molecular complexity index is 1140. The molecule has 1 saturated heterocycles. The highest BCUT2D eigenvalue weighted by molar-refractivity contribution is 6.06. The van der Waals surface area contributed by atoms with Crippen LogP contribution >= 0.6 is 0 Å². The lowest BCUT2D eigenvalue weighted by Gasteiger charge is -2.18. The number of aromatic nitrogens is 2. The van der Waals surface area contributed by atoms with Gasteiger partial charge in [0.25, 0.3) is 11.8 Å². The summed E-state index contributed by atoms with van der Waals surface area (Å²) in [6.45, 7) is 6.00. The van der Waals surface area contributed by atoms with Gasteiger partial charge in [0.2, 0.25) is 0 Å². The van der Waals surface area contributed by atoms with Crippen LogP contribution in [0.3, 0.4) is 0 Å². The van der Waals surface area contributed by atoms with Gasteiger partial charge in [-0.25, -0.2) is 4.98 Å². The van der Waals surface area contributed by atoms with Crippen molar-refractivity contribution in [1.29, 1.82) is 0 Å². The number of carbonyl (C=O) groups is 2. The van der Waals surface area contributed by atoms with E-state index in [1.807, 2.05) is 35.2 Å². The van der Waals surface area contributed by atoms with E-state index in [4.69, 9.17) is 4.98 Å². The van der Waals surface area contributed by atoms with Crippen LogP contribution in [0.1, 0.15) is 52.6 Å². The molecule has 0 spiro atoms. The molecule has 1 aromatic carbocycles. The molecule has 1 atom stereocenters. The minimum absolute atomic E-state index is 0.0120. The molecule has 0 unspecified atom stereocenters. The third-order valence-corrected chi connectivity index (χ3v) is 5.81. The molecule has 2 N–H and O–H groups in total. The highest BCUT2D eigenvalue weighted by atomic mass is 16.2. The van der Waals surface area contributed by atoms with Crippen LogP contribution in [0.5, 0.6) is 0 Å². The van der Waals surface area contributed by atoms with Gasteiger partial charge in [-0.3, -0.25) is 14.6 Å². The summed E-state index contributed by atoms with van der Waals surface area (Å²) in [6, 6.07) is 13.1. The first-order valence-electron chi connectivity index (χ1n) is 11.1. The number of pyridine rings is 2. The van der Waals surface area contributed by atoms with E-state index < -0.39 is 0 Å². The molecule has 0 bridgehead atoms. The average Bonchev–Trinajstić information content (AvgIpc) is 3.31. The van der Waals surface area contributed by atoms with Gasteiger partial charge < -0.3 is 15.5 Å². The predicted molar refractivity (Wildman–Crippen MR) is 126 cm³/mol. The van der Waals surface area contributed by atoms with Crippen LogP contribution in [0.2, 0.25) is 0 Å². The first-order valence-corrected chi connectivity index (χ1v) is 11.1. The molecule has 2 amide bonds. The maximum absolute atomic E-state index is 13.0. The van der Waals surface area contributed by atoms with E-state index >= 15 is 0 Å². The van der Waals surface area contributed by atoms with Crippen LogP contribution in [0, 0.1) is 5.92 Å². The first kappa shape index (κ1) is 21.7. The van der Waals surface area contributed by atoms with E-state index in [2.05, 4.69) is 29.5 Å². The Balaban J connectivity index is 1.58. The third kappa shape index (κ3) is 4.56. The Morgan fingerprint density at radius 2 is 2.00 bits per heavy atom. The number of anilines is 1. The number of benzene rings is 1. The number of nitrogens with one attached hydrogen (secondary N) is 2. The molecular weight excluding hydrogens is 402 g/mol. The fraction of sp³-hybridized carbons (Fsp3) is 0.360. The van der Waals surface area contributed by atoms with Crippen molar-refractivity contribution in [3.63, 3.8) is 0 Å². The number of likely N-dealkylation sites (tertiary alicyclic amines) is 1. The Morgan fingerprint density at radius 1 is 1.19 bits per heavy atom. The maximum atomic E-state index is 13.0. The fourth-order valence-corrected chi connectivity index (χ4v) is 4.05. The van der Waals surface area contributed by atoms with Crippen molar-refractivity contribution in [3.8, 4) is 0 Å². The molecule has 0 saturated carbocycles. The molecule has 0 aliphatic carbocycles. The largest absolute Gasteiger partial charge is 0.373 e. The van der Waals surface area contributed by atoms with E-state index in [-0.39, 0.29) is 17.7 Å². The van der Waals surface area contributed by atoms with E-state index in [0.29, 0.717) is 42.5 Å². The van der Waals surface area contributed by atoms with Crippen molar-refractivity contribution in [2.45, 2.75) is 26.2 Å². The summed E-state index contributed by atoms with van der Waals surface area (Å²) < 4.78 is 0. The molecule has 1 aliphatic heterocycles. The van der Waals surface area contributed by atoms with Gasteiger partial charge in [0.15, 0.2) is 0 Å². The van der Waals surface area contributed by atoms with Crippen LogP contribution in [0.25, 0.3) is 10.9 Å². The molecule has 1 fully saturated rings. The molecule has 3 aromatic rings. The summed E-state index contributed by atoms with van der Waals surface area (Å²) in [5.74, 6) is 1.03. The third-order valence-electron chi connectivity index (χ3n) is 5.81. The number of hydrogen-bond acceptors (Lipinski definition) is 5. The number of carbonyl (C=O) groups excluding carboxylic acids is 2. The SMILES string of the molecule is CNc1cc(C(=O)N2CC[C@H](c3cc(C(=O)NCC(C)C)c4ccccc4n3)C2)ccn1. The van der Waals surface area contributed by atoms with Crippen LogP contribution < -0.4 is 10.6 Å². The molecule has 166 valence electrons. The zero-order chi connectivity index (χ0) is 22.7. The van der Waals surface area contributed by atoms with Gasteiger partial charge in [0.1, 0.15) is 5.82 Å². The normalized spacial score (nSPS) is 15.9. The average molecular weight is 432 g/mol. The molecule has 1 aliphatic rings. The quantitative estimate of drug-likeness (QED) is 0.622. The van der Waals surface area contributed by atoms with Gasteiger partial charge in [-0.2, -0.15) is 0 Å². The maximum Gasteiger partial charge on any atom is 0.254 e. The van der Waals surface area contributed by atoms with Crippen LogP contribution in [-0.2, 0) is 0 Å². The van der Waals surface area contributed by atoms with E-state index in [1.165, 1.54) is 0 Å². The second kappa shape index (κ2) is 9.34. The van der Waals surface area contributed by atoms with Crippen molar-refractivity contribution >= 4 is 28.5 Å². The van der Waals surface area contributed by atoms with Gasteiger partial charge >= 0.3 is 0 Å². The second-order valence-corrected chi connectivity index (χ2v) is 8.63. The standard InChI is InChI=1S/C25H29N5O2/c1-16(2)14-28-24(31)20-13-22(29-21-7-5-4-6-19(20)21)18-9-11-30(15-18)25(32)17-8-10-27-23(12-17)26-3/h4-8,10,12-13,16,18H,9,11,14-15H2,1-3H3,(H,26,27)(H,28,31)/t18-/m0/s1. The minimum Gasteiger partial charge on any atom is -0.373 e. The van der Waals surface area contributed by atoms with E-state index in [1.54, 1.807) is 25.4 Å². The Kier molecular flexibility index (Phi) is 6.35. The van der Waals surface area contributed by atoms with Crippen LogP contribution in [-0.4, -0.2) is 53.4 Å². The zero-order valence-corrected chi connectivity index (χ0v) is 18.8. The number of nitrogens with zero attached hydrogens (tertiary/aromatic N) is 3. The number of rotatable bonds is 6.